The maximum Gasteiger partial charge on any atom is 0.138 e. The van der Waals surface area contributed by atoms with Crippen molar-refractivity contribution in [2.45, 2.75) is 33.4 Å². The maximum absolute atomic E-state index is 6.28. The van der Waals surface area contributed by atoms with Crippen molar-refractivity contribution >= 4 is 11.6 Å². The highest BCUT2D eigenvalue weighted by Gasteiger charge is 2.04. The second kappa shape index (κ2) is 8.06. The lowest BCUT2D eigenvalue weighted by Gasteiger charge is -2.10. The van der Waals surface area contributed by atoms with Gasteiger partial charge in [-0.2, -0.15) is 0 Å². The van der Waals surface area contributed by atoms with E-state index in [1.54, 1.807) is 0 Å². The highest BCUT2D eigenvalue weighted by molar-refractivity contribution is 6.32. The van der Waals surface area contributed by atoms with E-state index in [9.17, 15) is 0 Å². The molecule has 21 heavy (non-hydrogen) atoms. The average Bonchev–Trinajstić information content (AvgIpc) is 2.48. The van der Waals surface area contributed by atoms with Crippen molar-refractivity contribution in [3.63, 3.8) is 0 Å². The molecule has 0 saturated heterocycles. The fourth-order valence-electron chi connectivity index (χ4n) is 2.03. The minimum atomic E-state index is 0.535. The molecule has 3 heteroatoms. The van der Waals surface area contributed by atoms with Gasteiger partial charge in [0.15, 0.2) is 0 Å². The molecule has 0 atom stereocenters. The predicted molar refractivity (Wildman–Crippen MR) is 89.0 cm³/mol. The van der Waals surface area contributed by atoms with Crippen LogP contribution in [0.3, 0.4) is 0 Å². The highest BCUT2D eigenvalue weighted by atomic mass is 35.5. The van der Waals surface area contributed by atoms with Gasteiger partial charge in [0, 0.05) is 6.54 Å². The van der Waals surface area contributed by atoms with Crippen LogP contribution in [0.1, 0.15) is 30.0 Å². The third-order valence-electron chi connectivity index (χ3n) is 3.27. The summed E-state index contributed by atoms with van der Waals surface area (Å²) in [5.74, 6) is 0.733. The zero-order valence-corrected chi connectivity index (χ0v) is 13.4. The summed E-state index contributed by atoms with van der Waals surface area (Å²) in [6.45, 7) is 6.62. The van der Waals surface area contributed by atoms with Gasteiger partial charge in [0.1, 0.15) is 12.4 Å². The lowest BCUT2D eigenvalue weighted by molar-refractivity contribution is 0.306. The Labute approximate surface area is 132 Å². The Morgan fingerprint density at radius 2 is 1.76 bits per heavy atom. The first-order chi connectivity index (χ1) is 10.2. The molecule has 2 nitrogen and oxygen atoms in total. The van der Waals surface area contributed by atoms with E-state index in [0.717, 1.165) is 30.8 Å². The van der Waals surface area contributed by atoms with Gasteiger partial charge in [-0.25, -0.2) is 0 Å². The van der Waals surface area contributed by atoms with Crippen molar-refractivity contribution in [1.82, 2.24) is 5.32 Å². The predicted octanol–water partition coefficient (Wildman–Crippen LogP) is 4.73. The molecule has 0 aliphatic rings. The summed E-state index contributed by atoms with van der Waals surface area (Å²) in [6.07, 6.45) is 1.13. The standard InChI is InChI=1S/C18H22ClNO/c1-3-10-20-12-16-8-9-18(17(19)11-16)21-13-15-6-4-14(2)5-7-15/h4-9,11,20H,3,10,12-13H2,1-2H3. The molecule has 0 aliphatic heterocycles. The Bertz CT molecular complexity index is 566. The largest absolute Gasteiger partial charge is 0.487 e. The fourth-order valence-corrected chi connectivity index (χ4v) is 2.28. The summed E-state index contributed by atoms with van der Waals surface area (Å²) in [6, 6.07) is 14.3. The molecule has 0 spiro atoms. The zero-order valence-electron chi connectivity index (χ0n) is 12.7. The second-order valence-electron chi connectivity index (χ2n) is 5.22. The summed E-state index contributed by atoms with van der Waals surface area (Å²) in [5, 5.41) is 4.03. The molecule has 2 aromatic rings. The number of hydrogen-bond donors (Lipinski definition) is 1. The Balaban J connectivity index is 1.92. The number of aryl methyl sites for hydroxylation is 1. The molecule has 0 heterocycles. The van der Waals surface area contributed by atoms with Gasteiger partial charge in [0.2, 0.25) is 0 Å². The molecular weight excluding hydrogens is 282 g/mol. The van der Waals surface area contributed by atoms with Crippen LogP contribution in [0.25, 0.3) is 0 Å². The normalized spacial score (nSPS) is 10.6. The first kappa shape index (κ1) is 15.9. The molecule has 0 fully saturated rings. The molecule has 2 rings (SSSR count). The van der Waals surface area contributed by atoms with Crippen LogP contribution in [0.5, 0.6) is 5.75 Å². The SMILES string of the molecule is CCCNCc1ccc(OCc2ccc(C)cc2)c(Cl)c1. The molecule has 0 saturated carbocycles. The van der Waals surface area contributed by atoms with Crippen LogP contribution in [-0.4, -0.2) is 6.54 Å². The smallest absolute Gasteiger partial charge is 0.138 e. The maximum atomic E-state index is 6.28. The van der Waals surface area contributed by atoms with Crippen molar-refractivity contribution in [1.29, 1.82) is 0 Å². The topological polar surface area (TPSA) is 21.3 Å². The van der Waals surface area contributed by atoms with Crippen LogP contribution in [0.4, 0.5) is 0 Å². The highest BCUT2D eigenvalue weighted by Crippen LogP contribution is 2.26. The second-order valence-corrected chi connectivity index (χ2v) is 5.62. The van der Waals surface area contributed by atoms with E-state index in [2.05, 4.69) is 49.5 Å². The van der Waals surface area contributed by atoms with Gasteiger partial charge >= 0.3 is 0 Å². The van der Waals surface area contributed by atoms with Crippen LogP contribution >= 0.6 is 11.6 Å². The number of benzene rings is 2. The van der Waals surface area contributed by atoms with E-state index in [1.807, 2.05) is 12.1 Å². The number of hydrogen-bond acceptors (Lipinski definition) is 2. The van der Waals surface area contributed by atoms with Gasteiger partial charge < -0.3 is 10.1 Å². The quantitative estimate of drug-likeness (QED) is 0.747. The minimum absolute atomic E-state index is 0.535. The Hall–Kier alpha value is -1.51. The average molecular weight is 304 g/mol. The van der Waals surface area contributed by atoms with Gasteiger partial charge in [-0.1, -0.05) is 54.4 Å². The van der Waals surface area contributed by atoms with Crippen molar-refractivity contribution in [2.75, 3.05) is 6.54 Å². The summed E-state index contributed by atoms with van der Waals surface area (Å²) < 4.78 is 5.79. The van der Waals surface area contributed by atoms with Crippen LogP contribution in [0, 0.1) is 6.92 Å². The van der Waals surface area contributed by atoms with Gasteiger partial charge in [0.05, 0.1) is 5.02 Å². The van der Waals surface area contributed by atoms with E-state index in [4.69, 9.17) is 16.3 Å². The summed E-state index contributed by atoms with van der Waals surface area (Å²) in [7, 11) is 0. The van der Waals surface area contributed by atoms with Crippen molar-refractivity contribution in [2.24, 2.45) is 0 Å². The van der Waals surface area contributed by atoms with Gasteiger partial charge in [-0.3, -0.25) is 0 Å². The molecule has 0 aliphatic carbocycles. The van der Waals surface area contributed by atoms with E-state index in [1.165, 1.54) is 11.1 Å². The molecule has 0 bridgehead atoms. The lowest BCUT2D eigenvalue weighted by Crippen LogP contribution is -2.13. The van der Waals surface area contributed by atoms with Crippen LogP contribution in [0.15, 0.2) is 42.5 Å². The fraction of sp³-hybridized carbons (Fsp3) is 0.333. The summed E-state index contributed by atoms with van der Waals surface area (Å²) >= 11 is 6.28. The third-order valence-corrected chi connectivity index (χ3v) is 3.56. The first-order valence-corrected chi connectivity index (χ1v) is 7.74. The number of nitrogens with one attached hydrogen (secondary N) is 1. The molecule has 0 unspecified atom stereocenters. The monoisotopic (exact) mass is 303 g/mol. The Kier molecular flexibility index (Phi) is 6.09. The van der Waals surface area contributed by atoms with Crippen molar-refractivity contribution in [3.8, 4) is 5.75 Å². The van der Waals surface area contributed by atoms with E-state index >= 15 is 0 Å². The van der Waals surface area contributed by atoms with Crippen LogP contribution in [0.2, 0.25) is 5.02 Å². The minimum Gasteiger partial charge on any atom is -0.487 e. The van der Waals surface area contributed by atoms with E-state index < -0.39 is 0 Å². The molecule has 112 valence electrons. The number of halogens is 1. The lowest BCUT2D eigenvalue weighted by atomic mass is 10.2. The first-order valence-electron chi connectivity index (χ1n) is 7.36. The molecule has 0 radical (unpaired) electrons. The van der Waals surface area contributed by atoms with Gasteiger partial charge in [-0.05, 0) is 43.1 Å². The van der Waals surface area contributed by atoms with Crippen LogP contribution in [-0.2, 0) is 13.2 Å². The van der Waals surface area contributed by atoms with E-state index in [0.29, 0.717) is 11.6 Å². The Morgan fingerprint density at radius 3 is 2.43 bits per heavy atom. The molecule has 0 amide bonds. The zero-order chi connectivity index (χ0) is 15.1. The van der Waals surface area contributed by atoms with Crippen molar-refractivity contribution in [3.05, 3.63) is 64.2 Å². The number of ether oxygens (including phenoxy) is 1. The van der Waals surface area contributed by atoms with Gasteiger partial charge in [0.25, 0.3) is 0 Å². The molecular formula is C18H22ClNO. The Morgan fingerprint density at radius 1 is 1.05 bits per heavy atom. The summed E-state index contributed by atoms with van der Waals surface area (Å²) in [5.41, 5.74) is 3.57. The molecule has 2 aromatic carbocycles. The third kappa shape index (κ3) is 5.07. The molecule has 1 N–H and O–H groups in total. The van der Waals surface area contributed by atoms with Gasteiger partial charge in [-0.15, -0.1) is 0 Å². The number of rotatable bonds is 7. The van der Waals surface area contributed by atoms with Crippen LogP contribution < -0.4 is 10.1 Å². The molecule has 0 aromatic heterocycles. The van der Waals surface area contributed by atoms with E-state index in [-0.39, 0.29) is 0 Å². The summed E-state index contributed by atoms with van der Waals surface area (Å²) in [4.78, 5) is 0. The van der Waals surface area contributed by atoms with Crippen molar-refractivity contribution < 1.29 is 4.74 Å².